The van der Waals surface area contributed by atoms with Gasteiger partial charge in [-0.05, 0) is 38.1 Å². The van der Waals surface area contributed by atoms with Gasteiger partial charge in [-0.25, -0.2) is 0 Å². The number of hydrogen-bond acceptors (Lipinski definition) is 6. The molecule has 0 N–H and O–H groups in total. The molecule has 1 aromatic carbocycles. The van der Waals surface area contributed by atoms with Crippen LogP contribution in [0.3, 0.4) is 0 Å². The van der Waals surface area contributed by atoms with Crippen LogP contribution >= 0.6 is 11.6 Å². The Balaban J connectivity index is 2.21. The van der Waals surface area contributed by atoms with Crippen LogP contribution in [-0.2, 0) is 15.7 Å². The van der Waals surface area contributed by atoms with Gasteiger partial charge in [0.25, 0.3) is 0 Å². The third-order valence-corrected chi connectivity index (χ3v) is 5.07. The van der Waals surface area contributed by atoms with Gasteiger partial charge in [-0.15, -0.1) is 11.6 Å². The van der Waals surface area contributed by atoms with Crippen LogP contribution < -0.4 is 4.18 Å². The molecule has 0 saturated carbocycles. The van der Waals surface area contributed by atoms with Gasteiger partial charge in [0.15, 0.2) is 0 Å². The lowest BCUT2D eigenvalue weighted by atomic mass is 9.96. The molecule has 2 aromatic rings. The van der Waals surface area contributed by atoms with Crippen molar-refractivity contribution in [2.45, 2.75) is 19.3 Å². The number of alkyl halides is 1. The highest BCUT2D eigenvalue weighted by molar-refractivity contribution is 7.84. The highest BCUT2D eigenvalue weighted by Gasteiger charge is 2.27. The van der Waals surface area contributed by atoms with Gasteiger partial charge in [0.2, 0.25) is 11.7 Å². The predicted octanol–water partition coefficient (Wildman–Crippen LogP) is 2.44. The van der Waals surface area contributed by atoms with Gasteiger partial charge >= 0.3 is 10.3 Å². The zero-order valence-corrected chi connectivity index (χ0v) is 14.8. The maximum absolute atomic E-state index is 11.7. The monoisotopic (exact) mass is 359 g/mol. The van der Waals surface area contributed by atoms with Crippen molar-refractivity contribution in [2.75, 3.05) is 20.0 Å². The molecule has 1 heterocycles. The second-order valence-corrected chi connectivity index (χ2v) is 7.81. The molecule has 9 heteroatoms. The van der Waals surface area contributed by atoms with Crippen molar-refractivity contribution in [3.63, 3.8) is 0 Å². The summed E-state index contributed by atoms with van der Waals surface area (Å²) in [5, 5.41) is 3.92. The van der Waals surface area contributed by atoms with Crippen molar-refractivity contribution in [3.05, 3.63) is 30.2 Å². The summed E-state index contributed by atoms with van der Waals surface area (Å²) < 4.78 is 34.5. The van der Waals surface area contributed by atoms with Gasteiger partial charge in [-0.3, -0.25) is 0 Å². The lowest BCUT2D eigenvalue weighted by molar-refractivity contribution is 0.323. The minimum absolute atomic E-state index is 0.201. The van der Waals surface area contributed by atoms with E-state index >= 15 is 0 Å². The van der Waals surface area contributed by atoms with Crippen LogP contribution in [0, 0.1) is 0 Å². The van der Waals surface area contributed by atoms with Gasteiger partial charge < -0.3 is 8.71 Å². The van der Waals surface area contributed by atoms with Crippen LogP contribution in [0.4, 0.5) is 0 Å². The molecule has 0 amide bonds. The highest BCUT2D eigenvalue weighted by Crippen LogP contribution is 2.26. The number of nitrogens with zero attached hydrogens (tertiary/aromatic N) is 3. The van der Waals surface area contributed by atoms with Crippen LogP contribution in [0.15, 0.2) is 28.8 Å². The van der Waals surface area contributed by atoms with E-state index in [1.807, 2.05) is 13.8 Å². The van der Waals surface area contributed by atoms with Gasteiger partial charge in [0, 0.05) is 25.5 Å². The Kier molecular flexibility index (Phi) is 4.98. The lowest BCUT2D eigenvalue weighted by Crippen LogP contribution is -2.26. The Morgan fingerprint density at radius 3 is 2.39 bits per heavy atom. The van der Waals surface area contributed by atoms with Crippen molar-refractivity contribution < 1.29 is 17.1 Å². The zero-order chi connectivity index (χ0) is 17.3. The van der Waals surface area contributed by atoms with E-state index in [1.165, 1.54) is 26.2 Å². The normalized spacial score (nSPS) is 12.6. The summed E-state index contributed by atoms with van der Waals surface area (Å²) in [6.45, 7) is 3.81. The molecule has 0 aliphatic heterocycles. The molecule has 0 radical (unpaired) electrons. The summed E-state index contributed by atoms with van der Waals surface area (Å²) in [6.07, 6.45) is 0. The fourth-order valence-electron chi connectivity index (χ4n) is 1.53. The Morgan fingerprint density at radius 1 is 1.26 bits per heavy atom. The van der Waals surface area contributed by atoms with Crippen LogP contribution in [0.25, 0.3) is 11.4 Å². The van der Waals surface area contributed by atoms with Gasteiger partial charge in [-0.1, -0.05) is 5.16 Å². The van der Waals surface area contributed by atoms with Gasteiger partial charge in [0.05, 0.1) is 5.41 Å². The van der Waals surface area contributed by atoms with E-state index in [1.54, 1.807) is 12.1 Å². The third kappa shape index (κ3) is 4.01. The Hall–Kier alpha value is -1.64. The SMILES string of the molecule is CN(C)S(=O)(=O)Oc1ccc(-c2noc(C(C)(C)CCl)n2)cc1. The number of aromatic nitrogens is 2. The van der Waals surface area contributed by atoms with Crippen LogP contribution in [0.5, 0.6) is 5.75 Å². The molecule has 0 aliphatic rings. The zero-order valence-electron chi connectivity index (χ0n) is 13.3. The largest absolute Gasteiger partial charge is 0.384 e. The molecule has 0 aliphatic carbocycles. The first-order valence-electron chi connectivity index (χ1n) is 6.78. The smallest absolute Gasteiger partial charge is 0.371 e. The van der Waals surface area contributed by atoms with Crippen LogP contribution in [-0.4, -0.2) is 42.8 Å². The van der Waals surface area contributed by atoms with Crippen molar-refractivity contribution >= 4 is 21.9 Å². The predicted molar refractivity (Wildman–Crippen MR) is 86.7 cm³/mol. The number of hydrogen-bond donors (Lipinski definition) is 0. The minimum Gasteiger partial charge on any atom is -0.371 e. The van der Waals surface area contributed by atoms with Gasteiger partial charge in [0.1, 0.15) is 5.75 Å². The minimum atomic E-state index is -3.78. The first-order chi connectivity index (χ1) is 10.7. The second-order valence-electron chi connectivity index (χ2n) is 5.79. The molecule has 0 spiro atoms. The summed E-state index contributed by atoms with van der Waals surface area (Å²) in [5.41, 5.74) is 0.260. The topological polar surface area (TPSA) is 85.5 Å². The maximum atomic E-state index is 11.7. The quantitative estimate of drug-likeness (QED) is 0.736. The van der Waals surface area contributed by atoms with E-state index in [4.69, 9.17) is 20.3 Å². The van der Waals surface area contributed by atoms with E-state index in [0.717, 1.165) is 4.31 Å². The molecular weight excluding hydrogens is 342 g/mol. The van der Waals surface area contributed by atoms with E-state index in [9.17, 15) is 8.42 Å². The Labute approximate surface area is 140 Å². The molecule has 0 atom stereocenters. The molecular formula is C14H18ClN3O4S. The number of rotatable bonds is 6. The van der Waals surface area contributed by atoms with E-state index < -0.39 is 15.7 Å². The average Bonchev–Trinajstić information content (AvgIpc) is 2.98. The fourth-order valence-corrected chi connectivity index (χ4v) is 2.15. The molecule has 7 nitrogen and oxygen atoms in total. The summed E-state index contributed by atoms with van der Waals surface area (Å²) in [5.74, 6) is 1.40. The van der Waals surface area contributed by atoms with E-state index in [0.29, 0.717) is 23.2 Å². The summed E-state index contributed by atoms with van der Waals surface area (Å²) in [4.78, 5) is 4.33. The lowest BCUT2D eigenvalue weighted by Gasteiger charge is -2.14. The van der Waals surface area contributed by atoms with Crippen molar-refractivity contribution in [1.29, 1.82) is 0 Å². The highest BCUT2D eigenvalue weighted by atomic mass is 35.5. The Bertz CT molecular complexity index is 770. The molecule has 0 saturated heterocycles. The van der Waals surface area contributed by atoms with Gasteiger partial charge in [-0.2, -0.15) is 17.7 Å². The van der Waals surface area contributed by atoms with E-state index in [2.05, 4.69) is 10.1 Å². The average molecular weight is 360 g/mol. The molecule has 2 rings (SSSR count). The summed E-state index contributed by atoms with van der Waals surface area (Å²) in [6, 6.07) is 6.36. The summed E-state index contributed by atoms with van der Waals surface area (Å²) >= 11 is 5.89. The third-order valence-electron chi connectivity index (χ3n) is 3.10. The van der Waals surface area contributed by atoms with Crippen LogP contribution in [0.2, 0.25) is 0 Å². The Morgan fingerprint density at radius 2 is 1.87 bits per heavy atom. The summed E-state index contributed by atoms with van der Waals surface area (Å²) in [7, 11) is -0.994. The van der Waals surface area contributed by atoms with Crippen molar-refractivity contribution in [1.82, 2.24) is 14.4 Å². The molecule has 1 aromatic heterocycles. The molecule has 0 bridgehead atoms. The second kappa shape index (κ2) is 6.46. The molecule has 0 unspecified atom stereocenters. The van der Waals surface area contributed by atoms with Crippen molar-refractivity contribution in [3.8, 4) is 17.1 Å². The molecule has 0 fully saturated rings. The van der Waals surface area contributed by atoms with E-state index in [-0.39, 0.29) is 5.75 Å². The molecule has 126 valence electrons. The fraction of sp³-hybridized carbons (Fsp3) is 0.429. The first kappa shape index (κ1) is 17.7. The number of halogens is 1. The first-order valence-corrected chi connectivity index (χ1v) is 8.68. The van der Waals surface area contributed by atoms with Crippen LogP contribution in [0.1, 0.15) is 19.7 Å². The maximum Gasteiger partial charge on any atom is 0.384 e. The standard InChI is InChI=1S/C14H18ClN3O4S/c1-14(2,9-15)13-16-12(17-21-13)10-5-7-11(8-6-10)22-23(19,20)18(3)4/h5-8H,9H2,1-4H3. The molecule has 23 heavy (non-hydrogen) atoms. The number of benzene rings is 1. The van der Waals surface area contributed by atoms with Crippen molar-refractivity contribution in [2.24, 2.45) is 0 Å².